The average Bonchev–Trinajstić information content (AvgIpc) is 3.22. The number of likely N-dealkylation sites (tertiary alicyclic amines) is 1. The molecule has 2 heteroatoms. The molecule has 2 saturated carbocycles. The Bertz CT molecular complexity index is 275. The first-order chi connectivity index (χ1) is 10.4. The Labute approximate surface area is 132 Å². The zero-order chi connectivity index (χ0) is 14.3. The van der Waals surface area contributed by atoms with Crippen LogP contribution >= 0.6 is 0 Å². The molecule has 1 N–H and O–H groups in total. The summed E-state index contributed by atoms with van der Waals surface area (Å²) in [4.78, 5) is 2.74. The number of rotatable bonds is 3. The van der Waals surface area contributed by atoms with E-state index in [0.29, 0.717) is 0 Å². The molecule has 3 rings (SSSR count). The van der Waals surface area contributed by atoms with Crippen LogP contribution in [-0.2, 0) is 0 Å². The molecule has 0 radical (unpaired) electrons. The molecule has 0 aromatic rings. The lowest BCUT2D eigenvalue weighted by Gasteiger charge is -2.24. The van der Waals surface area contributed by atoms with Crippen LogP contribution in [0.1, 0.15) is 89.9 Å². The van der Waals surface area contributed by atoms with Gasteiger partial charge in [-0.3, -0.25) is 4.90 Å². The monoisotopic (exact) mass is 292 g/mol. The molecular formula is C19H36N2. The Hall–Kier alpha value is -0.0800. The Morgan fingerprint density at radius 1 is 0.571 bits per heavy atom. The summed E-state index contributed by atoms with van der Waals surface area (Å²) in [5.41, 5.74) is 0. The Morgan fingerprint density at radius 2 is 1.14 bits per heavy atom. The predicted octanol–water partition coefficient (Wildman–Crippen LogP) is 4.49. The van der Waals surface area contributed by atoms with Gasteiger partial charge in [0.2, 0.25) is 0 Å². The molecule has 1 saturated heterocycles. The van der Waals surface area contributed by atoms with E-state index in [1.807, 2.05) is 0 Å². The summed E-state index contributed by atoms with van der Waals surface area (Å²) >= 11 is 0. The van der Waals surface area contributed by atoms with Gasteiger partial charge in [0.05, 0.1) is 0 Å². The van der Waals surface area contributed by atoms with Gasteiger partial charge in [0.1, 0.15) is 0 Å². The maximum Gasteiger partial charge on any atom is 0.0209 e. The van der Waals surface area contributed by atoms with Crippen LogP contribution in [0.2, 0.25) is 0 Å². The van der Waals surface area contributed by atoms with E-state index in [-0.39, 0.29) is 0 Å². The zero-order valence-corrected chi connectivity index (χ0v) is 14.0. The van der Waals surface area contributed by atoms with Gasteiger partial charge in [0.25, 0.3) is 0 Å². The third-order valence-electron chi connectivity index (χ3n) is 5.86. The lowest BCUT2D eigenvalue weighted by molar-refractivity contribution is 0.304. The molecule has 1 unspecified atom stereocenters. The lowest BCUT2D eigenvalue weighted by atomic mass is 9.97. The first kappa shape index (κ1) is 15.8. The van der Waals surface area contributed by atoms with E-state index in [1.165, 1.54) is 103 Å². The SMILES string of the molecule is C1CCCCCC(NC2CCN(C3CC3)C2)CCCCC1. The van der Waals surface area contributed by atoms with Gasteiger partial charge in [-0.25, -0.2) is 0 Å². The van der Waals surface area contributed by atoms with Crippen LogP contribution in [0.15, 0.2) is 0 Å². The fourth-order valence-corrected chi connectivity index (χ4v) is 4.36. The third kappa shape index (κ3) is 5.56. The molecule has 2 nitrogen and oxygen atoms in total. The first-order valence-corrected chi connectivity index (χ1v) is 9.92. The molecule has 0 spiro atoms. The molecule has 0 aromatic carbocycles. The molecule has 3 aliphatic rings. The Kier molecular flexibility index (Phi) is 6.42. The molecule has 21 heavy (non-hydrogen) atoms. The molecule has 3 fully saturated rings. The van der Waals surface area contributed by atoms with E-state index in [0.717, 1.165) is 18.1 Å². The van der Waals surface area contributed by atoms with Crippen LogP contribution < -0.4 is 5.32 Å². The van der Waals surface area contributed by atoms with E-state index in [1.54, 1.807) is 0 Å². The molecular weight excluding hydrogens is 256 g/mol. The minimum Gasteiger partial charge on any atom is -0.310 e. The summed E-state index contributed by atoms with van der Waals surface area (Å²) in [7, 11) is 0. The lowest BCUT2D eigenvalue weighted by Crippen LogP contribution is -2.40. The number of hydrogen-bond acceptors (Lipinski definition) is 2. The van der Waals surface area contributed by atoms with Crippen LogP contribution in [-0.4, -0.2) is 36.1 Å². The smallest absolute Gasteiger partial charge is 0.0209 e. The minimum atomic E-state index is 0.795. The standard InChI is InChI=1S/C19H36N2/c1-2-4-6-8-10-17(11-9-7-5-3-1)20-18-14-15-21(16-18)19-12-13-19/h17-20H,1-16H2. The van der Waals surface area contributed by atoms with Gasteiger partial charge in [0, 0.05) is 31.2 Å². The highest BCUT2D eigenvalue weighted by atomic mass is 15.2. The van der Waals surface area contributed by atoms with Gasteiger partial charge >= 0.3 is 0 Å². The van der Waals surface area contributed by atoms with Crippen molar-refractivity contribution in [1.82, 2.24) is 10.2 Å². The number of nitrogens with one attached hydrogen (secondary N) is 1. The van der Waals surface area contributed by atoms with Gasteiger partial charge in [0.15, 0.2) is 0 Å². The van der Waals surface area contributed by atoms with E-state index >= 15 is 0 Å². The van der Waals surface area contributed by atoms with Crippen molar-refractivity contribution in [2.24, 2.45) is 0 Å². The van der Waals surface area contributed by atoms with Gasteiger partial charge in [-0.2, -0.15) is 0 Å². The van der Waals surface area contributed by atoms with E-state index < -0.39 is 0 Å². The quantitative estimate of drug-likeness (QED) is 0.824. The molecule has 0 amide bonds. The van der Waals surface area contributed by atoms with Crippen molar-refractivity contribution in [1.29, 1.82) is 0 Å². The zero-order valence-electron chi connectivity index (χ0n) is 14.0. The van der Waals surface area contributed by atoms with E-state index in [9.17, 15) is 0 Å². The highest BCUT2D eigenvalue weighted by molar-refractivity contribution is 4.92. The second kappa shape index (κ2) is 8.53. The molecule has 2 aliphatic carbocycles. The number of nitrogens with zero attached hydrogens (tertiary/aromatic N) is 1. The van der Waals surface area contributed by atoms with Crippen molar-refractivity contribution in [3.05, 3.63) is 0 Å². The molecule has 1 atom stereocenters. The normalized spacial score (nSPS) is 31.7. The fraction of sp³-hybridized carbons (Fsp3) is 1.00. The van der Waals surface area contributed by atoms with Crippen LogP contribution in [0.4, 0.5) is 0 Å². The van der Waals surface area contributed by atoms with Crippen molar-refractivity contribution in [2.75, 3.05) is 13.1 Å². The van der Waals surface area contributed by atoms with Crippen LogP contribution in [0.3, 0.4) is 0 Å². The summed E-state index contributed by atoms with van der Waals surface area (Å²) in [6.07, 6.45) is 20.5. The Morgan fingerprint density at radius 3 is 1.71 bits per heavy atom. The maximum absolute atomic E-state index is 4.04. The third-order valence-corrected chi connectivity index (χ3v) is 5.86. The van der Waals surface area contributed by atoms with Gasteiger partial charge < -0.3 is 5.32 Å². The highest BCUT2D eigenvalue weighted by Crippen LogP contribution is 2.30. The van der Waals surface area contributed by atoms with Gasteiger partial charge in [-0.15, -0.1) is 0 Å². The average molecular weight is 293 g/mol. The second-order valence-electron chi connectivity index (χ2n) is 7.83. The number of hydrogen-bond donors (Lipinski definition) is 1. The second-order valence-corrected chi connectivity index (χ2v) is 7.83. The van der Waals surface area contributed by atoms with Crippen molar-refractivity contribution < 1.29 is 0 Å². The Balaban J connectivity index is 1.40. The van der Waals surface area contributed by atoms with Crippen LogP contribution in [0.25, 0.3) is 0 Å². The summed E-state index contributed by atoms with van der Waals surface area (Å²) < 4.78 is 0. The summed E-state index contributed by atoms with van der Waals surface area (Å²) in [5, 5.41) is 4.04. The summed E-state index contributed by atoms with van der Waals surface area (Å²) in [5.74, 6) is 0. The van der Waals surface area contributed by atoms with Crippen molar-refractivity contribution >= 4 is 0 Å². The maximum atomic E-state index is 4.04. The van der Waals surface area contributed by atoms with Crippen LogP contribution in [0.5, 0.6) is 0 Å². The van der Waals surface area contributed by atoms with Crippen LogP contribution in [0, 0.1) is 0 Å². The summed E-state index contributed by atoms with van der Waals surface area (Å²) in [6.45, 7) is 2.69. The molecule has 0 bridgehead atoms. The van der Waals surface area contributed by atoms with Crippen molar-refractivity contribution in [3.63, 3.8) is 0 Å². The van der Waals surface area contributed by atoms with E-state index in [4.69, 9.17) is 0 Å². The van der Waals surface area contributed by atoms with Gasteiger partial charge in [-0.1, -0.05) is 57.8 Å². The van der Waals surface area contributed by atoms with Crippen molar-refractivity contribution in [3.8, 4) is 0 Å². The highest BCUT2D eigenvalue weighted by Gasteiger charge is 2.34. The largest absolute Gasteiger partial charge is 0.310 e. The topological polar surface area (TPSA) is 15.3 Å². The minimum absolute atomic E-state index is 0.795. The fourth-order valence-electron chi connectivity index (χ4n) is 4.36. The van der Waals surface area contributed by atoms with E-state index in [2.05, 4.69) is 10.2 Å². The molecule has 1 heterocycles. The summed E-state index contributed by atoms with van der Waals surface area (Å²) in [6, 6.07) is 2.57. The first-order valence-electron chi connectivity index (χ1n) is 9.92. The van der Waals surface area contributed by atoms with Crippen molar-refractivity contribution in [2.45, 2.75) is 108 Å². The predicted molar refractivity (Wildman–Crippen MR) is 90.7 cm³/mol. The molecule has 0 aromatic heterocycles. The molecule has 1 aliphatic heterocycles. The molecule has 122 valence electrons. The van der Waals surface area contributed by atoms with Gasteiger partial charge in [-0.05, 0) is 32.1 Å².